The second-order valence-corrected chi connectivity index (χ2v) is 3.47. The summed E-state index contributed by atoms with van der Waals surface area (Å²) < 4.78 is 12.9. The first-order chi connectivity index (χ1) is 7.68. The van der Waals surface area contributed by atoms with E-state index in [0.29, 0.717) is 5.69 Å². The molecule has 0 fully saturated rings. The third-order valence-corrected chi connectivity index (χ3v) is 2.38. The van der Waals surface area contributed by atoms with Gasteiger partial charge in [-0.3, -0.25) is 4.98 Å². The van der Waals surface area contributed by atoms with Crippen LogP contribution in [0.3, 0.4) is 0 Å². The Hall–Kier alpha value is -2.10. The zero-order chi connectivity index (χ0) is 11.5. The number of nitrogens with two attached hydrogens (primary N) is 1. The number of halogens is 1. The minimum absolute atomic E-state index is 0.333. The number of rotatable bonds is 2. The lowest BCUT2D eigenvalue weighted by atomic mass is 10.2. The Kier molecular flexibility index (Phi) is 2.72. The molecule has 0 aliphatic carbocycles. The lowest BCUT2D eigenvalue weighted by Gasteiger charge is -2.20. The van der Waals surface area contributed by atoms with Gasteiger partial charge in [-0.05, 0) is 30.3 Å². The maximum Gasteiger partial charge on any atom is 0.125 e. The Labute approximate surface area is 93.3 Å². The molecular formula is C12H12FN3. The predicted octanol–water partition coefficient (Wildman–Crippen LogP) is 2.57. The molecule has 16 heavy (non-hydrogen) atoms. The van der Waals surface area contributed by atoms with Crippen molar-refractivity contribution in [3.63, 3.8) is 0 Å². The van der Waals surface area contributed by atoms with Gasteiger partial charge in [0.1, 0.15) is 5.82 Å². The first-order valence-electron chi connectivity index (χ1n) is 4.87. The second kappa shape index (κ2) is 4.18. The molecule has 0 saturated carbocycles. The number of aromatic nitrogens is 1. The number of benzene rings is 1. The molecule has 4 heteroatoms. The van der Waals surface area contributed by atoms with Crippen LogP contribution in [0, 0.1) is 5.82 Å². The lowest BCUT2D eigenvalue weighted by Crippen LogP contribution is -2.11. The highest BCUT2D eigenvalue weighted by atomic mass is 19.1. The third kappa shape index (κ3) is 1.95. The Morgan fingerprint density at radius 1 is 1.31 bits per heavy atom. The summed E-state index contributed by atoms with van der Waals surface area (Å²) in [5.41, 5.74) is 7.83. The summed E-state index contributed by atoms with van der Waals surface area (Å²) in [7, 11) is 1.86. The molecule has 2 aromatic rings. The van der Waals surface area contributed by atoms with E-state index in [2.05, 4.69) is 4.98 Å². The van der Waals surface area contributed by atoms with Crippen molar-refractivity contribution in [3.8, 4) is 0 Å². The largest absolute Gasteiger partial charge is 0.397 e. The number of nitrogens with zero attached hydrogens (tertiary/aromatic N) is 2. The van der Waals surface area contributed by atoms with Gasteiger partial charge < -0.3 is 10.6 Å². The van der Waals surface area contributed by atoms with Crippen LogP contribution in [0.5, 0.6) is 0 Å². The molecular weight excluding hydrogens is 205 g/mol. The average molecular weight is 217 g/mol. The van der Waals surface area contributed by atoms with Crippen molar-refractivity contribution in [2.45, 2.75) is 0 Å². The van der Waals surface area contributed by atoms with Crippen molar-refractivity contribution in [2.24, 2.45) is 0 Å². The molecule has 2 N–H and O–H groups in total. The molecule has 0 aliphatic rings. The summed E-state index contributed by atoms with van der Waals surface area (Å²) >= 11 is 0. The van der Waals surface area contributed by atoms with Crippen molar-refractivity contribution in [1.29, 1.82) is 0 Å². The first-order valence-corrected chi connectivity index (χ1v) is 4.87. The van der Waals surface area contributed by atoms with Crippen LogP contribution in [0.1, 0.15) is 0 Å². The van der Waals surface area contributed by atoms with Crippen molar-refractivity contribution in [3.05, 3.63) is 48.5 Å². The smallest absolute Gasteiger partial charge is 0.125 e. The number of pyridine rings is 1. The van der Waals surface area contributed by atoms with Crippen LogP contribution >= 0.6 is 0 Å². The average Bonchev–Trinajstić information content (AvgIpc) is 2.29. The van der Waals surface area contributed by atoms with Crippen molar-refractivity contribution in [2.75, 3.05) is 17.7 Å². The van der Waals surface area contributed by atoms with Gasteiger partial charge in [-0.15, -0.1) is 0 Å². The van der Waals surface area contributed by atoms with Gasteiger partial charge in [0, 0.05) is 13.2 Å². The summed E-state index contributed by atoms with van der Waals surface area (Å²) in [5, 5.41) is 0. The first kappa shape index (κ1) is 10.4. The fraction of sp³-hybridized carbons (Fsp3) is 0.0833. The van der Waals surface area contributed by atoms with E-state index in [1.165, 1.54) is 12.1 Å². The Bertz CT molecular complexity index is 485. The van der Waals surface area contributed by atoms with Crippen LogP contribution in [-0.4, -0.2) is 12.0 Å². The quantitative estimate of drug-likeness (QED) is 0.786. The number of hydrogen-bond acceptors (Lipinski definition) is 3. The number of anilines is 3. The van der Waals surface area contributed by atoms with Gasteiger partial charge in [0.2, 0.25) is 0 Å². The summed E-state index contributed by atoms with van der Waals surface area (Å²) in [4.78, 5) is 5.88. The summed E-state index contributed by atoms with van der Waals surface area (Å²) in [6.07, 6.45) is 3.42. The standard InChI is InChI=1S/C12H12FN3/c1-16(10-3-2-6-15-8-10)12-5-4-9(13)7-11(12)14/h2-8H,14H2,1H3. The molecule has 0 bridgehead atoms. The Morgan fingerprint density at radius 2 is 2.12 bits per heavy atom. The van der Waals surface area contributed by atoms with E-state index in [4.69, 9.17) is 5.73 Å². The molecule has 0 aliphatic heterocycles. The summed E-state index contributed by atoms with van der Waals surface area (Å²) in [5.74, 6) is -0.333. The highest BCUT2D eigenvalue weighted by Gasteiger charge is 2.07. The summed E-state index contributed by atoms with van der Waals surface area (Å²) in [6, 6.07) is 8.10. The van der Waals surface area contributed by atoms with Crippen LogP contribution in [0.25, 0.3) is 0 Å². The normalized spacial score (nSPS) is 10.1. The molecule has 2 rings (SSSR count). The minimum atomic E-state index is -0.333. The third-order valence-electron chi connectivity index (χ3n) is 2.38. The van der Waals surface area contributed by atoms with Crippen molar-refractivity contribution in [1.82, 2.24) is 4.98 Å². The van der Waals surface area contributed by atoms with Gasteiger partial charge in [0.15, 0.2) is 0 Å². The molecule has 0 amide bonds. The van der Waals surface area contributed by atoms with Crippen LogP contribution in [0.15, 0.2) is 42.7 Å². The van der Waals surface area contributed by atoms with E-state index in [1.54, 1.807) is 18.5 Å². The van der Waals surface area contributed by atoms with Crippen LogP contribution < -0.4 is 10.6 Å². The van der Waals surface area contributed by atoms with Crippen LogP contribution in [0.2, 0.25) is 0 Å². The molecule has 0 spiro atoms. The SMILES string of the molecule is CN(c1cccnc1)c1ccc(F)cc1N. The molecule has 0 radical (unpaired) electrons. The van der Waals surface area contributed by atoms with Gasteiger partial charge in [-0.1, -0.05) is 0 Å². The van der Waals surface area contributed by atoms with E-state index in [-0.39, 0.29) is 5.82 Å². The van der Waals surface area contributed by atoms with Gasteiger partial charge in [-0.2, -0.15) is 0 Å². The van der Waals surface area contributed by atoms with Crippen LogP contribution in [-0.2, 0) is 0 Å². The van der Waals surface area contributed by atoms with Crippen LogP contribution in [0.4, 0.5) is 21.5 Å². The Morgan fingerprint density at radius 3 is 2.75 bits per heavy atom. The maximum atomic E-state index is 12.9. The second-order valence-electron chi connectivity index (χ2n) is 3.47. The molecule has 0 saturated heterocycles. The molecule has 1 aromatic heterocycles. The van der Waals surface area contributed by atoms with Gasteiger partial charge in [0.05, 0.1) is 23.3 Å². The van der Waals surface area contributed by atoms with Crippen molar-refractivity contribution >= 4 is 17.1 Å². The molecule has 0 atom stereocenters. The highest BCUT2D eigenvalue weighted by molar-refractivity contribution is 5.73. The predicted molar refractivity (Wildman–Crippen MR) is 63.1 cm³/mol. The van der Waals surface area contributed by atoms with Gasteiger partial charge >= 0.3 is 0 Å². The fourth-order valence-corrected chi connectivity index (χ4v) is 1.52. The van der Waals surface area contributed by atoms with Crippen molar-refractivity contribution < 1.29 is 4.39 Å². The van der Waals surface area contributed by atoms with Gasteiger partial charge in [0.25, 0.3) is 0 Å². The number of nitrogen functional groups attached to an aromatic ring is 1. The Balaban J connectivity index is 2.38. The molecule has 1 heterocycles. The zero-order valence-corrected chi connectivity index (χ0v) is 8.89. The van der Waals surface area contributed by atoms with E-state index in [1.807, 2.05) is 24.1 Å². The fourth-order valence-electron chi connectivity index (χ4n) is 1.52. The molecule has 1 aromatic carbocycles. The highest BCUT2D eigenvalue weighted by Crippen LogP contribution is 2.28. The van der Waals surface area contributed by atoms with E-state index < -0.39 is 0 Å². The molecule has 0 unspecified atom stereocenters. The van der Waals surface area contributed by atoms with E-state index >= 15 is 0 Å². The lowest BCUT2D eigenvalue weighted by molar-refractivity contribution is 0.628. The maximum absolute atomic E-state index is 12.9. The zero-order valence-electron chi connectivity index (χ0n) is 8.89. The molecule has 3 nitrogen and oxygen atoms in total. The minimum Gasteiger partial charge on any atom is -0.397 e. The van der Waals surface area contributed by atoms with E-state index in [0.717, 1.165) is 11.4 Å². The monoisotopic (exact) mass is 217 g/mol. The number of hydrogen-bond donors (Lipinski definition) is 1. The van der Waals surface area contributed by atoms with Gasteiger partial charge in [-0.25, -0.2) is 4.39 Å². The molecule has 82 valence electrons. The topological polar surface area (TPSA) is 42.2 Å². The van der Waals surface area contributed by atoms with E-state index in [9.17, 15) is 4.39 Å². The summed E-state index contributed by atoms with van der Waals surface area (Å²) in [6.45, 7) is 0.